The number of ether oxygens (including phenoxy) is 1. The molecule has 0 radical (unpaired) electrons. The Bertz CT molecular complexity index is 797. The maximum Gasteiger partial charge on any atom is 0.312 e. The Morgan fingerprint density at radius 1 is 0.963 bits per heavy atom. The molecule has 2 aliphatic heterocycles. The van der Waals surface area contributed by atoms with Crippen LogP contribution in [0.3, 0.4) is 0 Å². The smallest absolute Gasteiger partial charge is 0.312 e. The first-order valence-corrected chi connectivity index (χ1v) is 9.23. The Kier molecular flexibility index (Phi) is 5.18. The molecular formula is C21H23N3O3. The van der Waals surface area contributed by atoms with Crippen molar-refractivity contribution in [3.63, 3.8) is 0 Å². The van der Waals surface area contributed by atoms with Crippen LogP contribution in [0.15, 0.2) is 60.7 Å². The molecule has 6 heteroatoms. The summed E-state index contributed by atoms with van der Waals surface area (Å²) in [6.45, 7) is 2.01. The molecule has 0 aliphatic carbocycles. The highest BCUT2D eigenvalue weighted by Crippen LogP contribution is 2.22. The molecule has 2 amide bonds. The van der Waals surface area contributed by atoms with E-state index in [-0.39, 0.29) is 18.1 Å². The second-order valence-corrected chi connectivity index (χ2v) is 7.00. The minimum atomic E-state index is -0.541. The first-order valence-electron chi connectivity index (χ1n) is 9.23. The molecule has 4 rings (SSSR count). The van der Waals surface area contributed by atoms with Gasteiger partial charge in [-0.25, -0.2) is 0 Å². The fraction of sp³-hybridized carbons (Fsp3) is 0.333. The summed E-state index contributed by atoms with van der Waals surface area (Å²) >= 11 is 0. The molecule has 27 heavy (non-hydrogen) atoms. The number of nitrogens with one attached hydrogen (secondary N) is 2. The van der Waals surface area contributed by atoms with E-state index in [0.717, 1.165) is 5.56 Å². The third-order valence-corrected chi connectivity index (χ3v) is 5.19. The molecule has 3 atom stereocenters. The van der Waals surface area contributed by atoms with Crippen molar-refractivity contribution >= 4 is 11.8 Å². The van der Waals surface area contributed by atoms with Gasteiger partial charge in [0.15, 0.2) is 0 Å². The minimum Gasteiger partial charge on any atom is -0.378 e. The van der Waals surface area contributed by atoms with Gasteiger partial charge in [0.25, 0.3) is 0 Å². The van der Waals surface area contributed by atoms with Crippen LogP contribution >= 0.6 is 0 Å². The number of amides is 2. The highest BCUT2D eigenvalue weighted by molar-refractivity contribution is 6.35. The standard InChI is InChI=1S/C21H23N3O3/c25-20-21(26)24(12-16-9-5-2-6-10-16)18-14-27-13-17(19(18)23-20)22-11-15-7-3-1-4-8-15/h1-10,17-19,22H,11-14H2,(H,23,25)/t17?,18?,19-/m1/s1. The summed E-state index contributed by atoms with van der Waals surface area (Å²) in [7, 11) is 0. The van der Waals surface area contributed by atoms with Gasteiger partial charge in [0, 0.05) is 13.1 Å². The third kappa shape index (κ3) is 3.86. The Morgan fingerprint density at radius 3 is 2.33 bits per heavy atom. The number of benzene rings is 2. The number of hydrogen-bond acceptors (Lipinski definition) is 4. The van der Waals surface area contributed by atoms with Crippen LogP contribution in [0.1, 0.15) is 11.1 Å². The van der Waals surface area contributed by atoms with Gasteiger partial charge in [-0.15, -0.1) is 0 Å². The SMILES string of the molecule is O=C1N[C@@H]2C(NCc3ccccc3)COCC2N(Cc2ccccc2)C1=O. The van der Waals surface area contributed by atoms with Crippen molar-refractivity contribution in [3.8, 4) is 0 Å². The zero-order valence-corrected chi connectivity index (χ0v) is 15.0. The van der Waals surface area contributed by atoms with Gasteiger partial charge in [-0.05, 0) is 11.1 Å². The molecule has 0 saturated carbocycles. The lowest BCUT2D eigenvalue weighted by Crippen LogP contribution is -2.72. The topological polar surface area (TPSA) is 70.7 Å². The molecule has 2 saturated heterocycles. The van der Waals surface area contributed by atoms with Crippen molar-refractivity contribution in [2.75, 3.05) is 13.2 Å². The van der Waals surface area contributed by atoms with E-state index in [1.54, 1.807) is 4.90 Å². The average molecular weight is 365 g/mol. The predicted molar refractivity (Wildman–Crippen MR) is 101 cm³/mol. The maximum absolute atomic E-state index is 12.5. The van der Waals surface area contributed by atoms with Crippen LogP contribution < -0.4 is 10.6 Å². The van der Waals surface area contributed by atoms with Crippen LogP contribution in [0.5, 0.6) is 0 Å². The van der Waals surface area contributed by atoms with E-state index >= 15 is 0 Å². The van der Waals surface area contributed by atoms with Gasteiger partial charge in [-0.3, -0.25) is 9.59 Å². The van der Waals surface area contributed by atoms with Gasteiger partial charge >= 0.3 is 11.8 Å². The maximum atomic E-state index is 12.5. The number of hydrogen-bond donors (Lipinski definition) is 2. The highest BCUT2D eigenvalue weighted by Gasteiger charge is 2.46. The molecule has 2 aliphatic rings. The normalized spacial score (nSPS) is 25.0. The number of piperazine rings is 1. The number of carbonyl (C=O) groups is 2. The molecule has 6 nitrogen and oxygen atoms in total. The van der Waals surface area contributed by atoms with Crippen LogP contribution in [0.25, 0.3) is 0 Å². The van der Waals surface area contributed by atoms with E-state index in [2.05, 4.69) is 22.8 Å². The largest absolute Gasteiger partial charge is 0.378 e. The van der Waals surface area contributed by atoms with Crippen LogP contribution in [-0.4, -0.2) is 48.1 Å². The van der Waals surface area contributed by atoms with E-state index in [4.69, 9.17) is 4.74 Å². The third-order valence-electron chi connectivity index (χ3n) is 5.19. The Morgan fingerprint density at radius 2 is 1.63 bits per heavy atom. The van der Waals surface area contributed by atoms with E-state index in [1.165, 1.54) is 5.56 Å². The fourth-order valence-corrected chi connectivity index (χ4v) is 3.77. The number of nitrogens with zero attached hydrogens (tertiary/aromatic N) is 1. The molecular weight excluding hydrogens is 342 g/mol. The van der Waals surface area contributed by atoms with E-state index in [0.29, 0.717) is 26.3 Å². The van der Waals surface area contributed by atoms with Crippen LogP contribution in [-0.2, 0) is 27.4 Å². The summed E-state index contributed by atoms with van der Waals surface area (Å²) in [4.78, 5) is 26.5. The second-order valence-electron chi connectivity index (χ2n) is 7.00. The summed E-state index contributed by atoms with van der Waals surface area (Å²) in [6, 6.07) is 19.4. The van der Waals surface area contributed by atoms with E-state index < -0.39 is 11.8 Å². The average Bonchev–Trinajstić information content (AvgIpc) is 2.71. The van der Waals surface area contributed by atoms with Crippen molar-refractivity contribution in [3.05, 3.63) is 71.8 Å². The van der Waals surface area contributed by atoms with Gasteiger partial charge in [0.05, 0.1) is 31.3 Å². The minimum absolute atomic E-state index is 0.0562. The molecule has 2 heterocycles. The number of rotatable bonds is 5. The lowest BCUT2D eigenvalue weighted by molar-refractivity contribution is -0.158. The number of carbonyl (C=O) groups excluding carboxylic acids is 2. The van der Waals surface area contributed by atoms with Crippen LogP contribution in [0.2, 0.25) is 0 Å². The summed E-state index contributed by atoms with van der Waals surface area (Å²) in [5.74, 6) is -1.03. The van der Waals surface area contributed by atoms with Gasteiger partial charge in [-0.1, -0.05) is 60.7 Å². The predicted octanol–water partition coefficient (Wildman–Crippen LogP) is 1.07. The Hall–Kier alpha value is -2.70. The lowest BCUT2D eigenvalue weighted by atomic mass is 9.93. The molecule has 2 aromatic rings. The van der Waals surface area contributed by atoms with E-state index in [1.807, 2.05) is 48.5 Å². The van der Waals surface area contributed by atoms with Gasteiger partial charge in [-0.2, -0.15) is 0 Å². The molecule has 0 aromatic heterocycles. The monoisotopic (exact) mass is 365 g/mol. The zero-order valence-electron chi connectivity index (χ0n) is 15.0. The van der Waals surface area contributed by atoms with Crippen molar-refractivity contribution in [1.29, 1.82) is 0 Å². The summed E-state index contributed by atoms with van der Waals surface area (Å²) in [5.41, 5.74) is 2.16. The van der Waals surface area contributed by atoms with Crippen molar-refractivity contribution in [2.24, 2.45) is 0 Å². The van der Waals surface area contributed by atoms with Crippen molar-refractivity contribution < 1.29 is 14.3 Å². The molecule has 140 valence electrons. The van der Waals surface area contributed by atoms with Gasteiger partial charge < -0.3 is 20.3 Å². The summed E-state index contributed by atoms with van der Waals surface area (Å²) in [6.07, 6.45) is 0. The Balaban J connectivity index is 1.50. The van der Waals surface area contributed by atoms with Gasteiger partial charge in [0.1, 0.15) is 0 Å². The second kappa shape index (κ2) is 7.90. The summed E-state index contributed by atoms with van der Waals surface area (Å²) < 4.78 is 5.78. The quantitative estimate of drug-likeness (QED) is 0.778. The fourth-order valence-electron chi connectivity index (χ4n) is 3.77. The van der Waals surface area contributed by atoms with Crippen molar-refractivity contribution in [1.82, 2.24) is 15.5 Å². The molecule has 2 fully saturated rings. The van der Waals surface area contributed by atoms with Crippen LogP contribution in [0, 0.1) is 0 Å². The zero-order chi connectivity index (χ0) is 18.6. The highest BCUT2D eigenvalue weighted by atomic mass is 16.5. The molecule has 2 N–H and O–H groups in total. The summed E-state index contributed by atoms with van der Waals surface area (Å²) in [5, 5.41) is 6.38. The molecule has 0 spiro atoms. The van der Waals surface area contributed by atoms with E-state index in [9.17, 15) is 9.59 Å². The Labute approximate surface area is 158 Å². The van der Waals surface area contributed by atoms with Crippen LogP contribution in [0.4, 0.5) is 0 Å². The molecule has 0 bridgehead atoms. The van der Waals surface area contributed by atoms with Gasteiger partial charge in [0.2, 0.25) is 0 Å². The van der Waals surface area contributed by atoms with Crippen molar-refractivity contribution in [2.45, 2.75) is 31.2 Å². The molecule has 2 aromatic carbocycles. The number of fused-ring (bicyclic) bond motifs is 1. The molecule has 2 unspecified atom stereocenters. The first-order chi connectivity index (χ1) is 13.2. The first kappa shape index (κ1) is 17.7. The lowest BCUT2D eigenvalue weighted by Gasteiger charge is -2.47.